The Morgan fingerprint density at radius 1 is 1.13 bits per heavy atom. The van der Waals surface area contributed by atoms with Crippen LogP contribution >= 0.6 is 0 Å². The Morgan fingerprint density at radius 2 is 1.97 bits per heavy atom. The lowest BCUT2D eigenvalue weighted by molar-refractivity contribution is 0.0730. The Bertz CT molecular complexity index is 964. The molecule has 2 aromatic rings. The third-order valence-corrected chi connectivity index (χ3v) is 7.03. The van der Waals surface area contributed by atoms with Gasteiger partial charge in [-0.1, -0.05) is 0 Å². The Kier molecular flexibility index (Phi) is 6.38. The summed E-state index contributed by atoms with van der Waals surface area (Å²) < 4.78 is 43.5. The molecule has 1 aromatic carbocycles. The smallest absolute Gasteiger partial charge is 0.291 e. The Labute approximate surface area is 175 Å². The van der Waals surface area contributed by atoms with Gasteiger partial charge < -0.3 is 24.5 Å². The van der Waals surface area contributed by atoms with Gasteiger partial charge in [-0.2, -0.15) is 4.31 Å². The quantitative estimate of drug-likeness (QED) is 0.686. The second kappa shape index (κ2) is 9.17. The van der Waals surface area contributed by atoms with Crippen LogP contribution in [0.4, 0.5) is 11.4 Å². The zero-order valence-corrected chi connectivity index (χ0v) is 17.3. The van der Waals surface area contributed by atoms with Crippen molar-refractivity contribution in [2.75, 3.05) is 50.1 Å². The topological polar surface area (TPSA) is 110 Å². The van der Waals surface area contributed by atoms with Crippen LogP contribution in [0.3, 0.4) is 0 Å². The summed E-state index contributed by atoms with van der Waals surface area (Å²) in [5.41, 5.74) is 0.982. The van der Waals surface area contributed by atoms with Crippen molar-refractivity contribution in [3.05, 3.63) is 42.4 Å². The van der Waals surface area contributed by atoms with E-state index in [1.165, 1.54) is 16.6 Å². The van der Waals surface area contributed by atoms with E-state index < -0.39 is 15.9 Å². The zero-order valence-electron chi connectivity index (χ0n) is 16.5. The fourth-order valence-electron chi connectivity index (χ4n) is 3.50. The first-order valence-corrected chi connectivity index (χ1v) is 11.4. The van der Waals surface area contributed by atoms with E-state index in [0.717, 1.165) is 19.4 Å². The highest BCUT2D eigenvalue weighted by molar-refractivity contribution is 7.89. The van der Waals surface area contributed by atoms with Crippen molar-refractivity contribution >= 4 is 27.3 Å². The summed E-state index contributed by atoms with van der Waals surface area (Å²) in [5.74, 6) is -0.317. The summed E-state index contributed by atoms with van der Waals surface area (Å²) in [5, 5.41) is 6.03. The van der Waals surface area contributed by atoms with Crippen LogP contribution in [0.5, 0.6) is 0 Å². The molecule has 0 bridgehead atoms. The third kappa shape index (κ3) is 4.67. The fourth-order valence-corrected chi connectivity index (χ4v) is 4.93. The molecular weight excluding hydrogens is 410 g/mol. The molecule has 3 heterocycles. The largest absolute Gasteiger partial charge is 0.459 e. The highest BCUT2D eigenvalue weighted by Crippen LogP contribution is 2.29. The number of anilines is 2. The lowest BCUT2D eigenvalue weighted by Crippen LogP contribution is -2.40. The number of nitrogens with zero attached hydrogens (tertiary/aromatic N) is 1. The van der Waals surface area contributed by atoms with Gasteiger partial charge in [-0.25, -0.2) is 8.42 Å². The first-order valence-electron chi connectivity index (χ1n) is 9.96. The van der Waals surface area contributed by atoms with Gasteiger partial charge in [0.15, 0.2) is 5.76 Å². The van der Waals surface area contributed by atoms with Crippen LogP contribution in [0, 0.1) is 0 Å². The van der Waals surface area contributed by atoms with E-state index in [-0.39, 0.29) is 16.8 Å². The molecule has 162 valence electrons. The lowest BCUT2D eigenvalue weighted by Gasteiger charge is -2.26. The number of hydrogen-bond donors (Lipinski definition) is 2. The molecule has 0 saturated carbocycles. The van der Waals surface area contributed by atoms with Gasteiger partial charge in [0, 0.05) is 26.2 Å². The van der Waals surface area contributed by atoms with E-state index in [2.05, 4.69) is 10.6 Å². The first kappa shape index (κ1) is 20.9. The molecule has 2 saturated heterocycles. The summed E-state index contributed by atoms with van der Waals surface area (Å²) >= 11 is 0. The minimum atomic E-state index is -3.70. The van der Waals surface area contributed by atoms with Gasteiger partial charge >= 0.3 is 0 Å². The molecule has 0 aliphatic carbocycles. The van der Waals surface area contributed by atoms with Gasteiger partial charge in [0.2, 0.25) is 10.0 Å². The molecule has 30 heavy (non-hydrogen) atoms. The highest BCUT2D eigenvalue weighted by atomic mass is 32.2. The molecule has 2 N–H and O–H groups in total. The van der Waals surface area contributed by atoms with E-state index in [0.29, 0.717) is 44.2 Å². The number of sulfonamides is 1. The average Bonchev–Trinajstić information content (AvgIpc) is 3.47. The van der Waals surface area contributed by atoms with Crippen LogP contribution in [0.15, 0.2) is 45.9 Å². The van der Waals surface area contributed by atoms with E-state index in [4.69, 9.17) is 13.9 Å². The van der Waals surface area contributed by atoms with Crippen LogP contribution in [0.1, 0.15) is 23.4 Å². The number of furan rings is 1. The molecule has 2 aliphatic rings. The molecule has 2 fully saturated rings. The molecule has 0 radical (unpaired) electrons. The third-order valence-electron chi connectivity index (χ3n) is 5.14. The zero-order chi connectivity index (χ0) is 21.0. The number of carbonyl (C=O) groups excluding carboxylic acids is 1. The first-order chi connectivity index (χ1) is 14.5. The molecule has 1 amide bonds. The van der Waals surface area contributed by atoms with Crippen molar-refractivity contribution < 1.29 is 27.1 Å². The maximum atomic E-state index is 13.0. The summed E-state index contributed by atoms with van der Waals surface area (Å²) in [6.45, 7) is 2.64. The normalized spacial score (nSPS) is 20.2. The Balaban J connectivity index is 1.59. The standard InChI is InChI=1S/C20H25N3O6S/c24-20(19-4-2-10-29-19)22-18-13-16(30(25,26)23-7-11-27-12-8-23)5-6-17(18)21-14-15-3-1-9-28-15/h2,4-6,10,13,15,21H,1,3,7-9,11-12,14H2,(H,22,24)/t15-/m0/s1. The molecular formula is C20H25N3O6S. The van der Waals surface area contributed by atoms with Gasteiger partial charge in [-0.05, 0) is 43.2 Å². The molecule has 9 nitrogen and oxygen atoms in total. The monoisotopic (exact) mass is 435 g/mol. The number of amides is 1. The van der Waals surface area contributed by atoms with Crippen molar-refractivity contribution in [2.45, 2.75) is 23.8 Å². The average molecular weight is 436 g/mol. The number of carbonyl (C=O) groups is 1. The van der Waals surface area contributed by atoms with Crippen LogP contribution in [-0.4, -0.2) is 64.2 Å². The van der Waals surface area contributed by atoms with Crippen LogP contribution in [-0.2, 0) is 19.5 Å². The maximum Gasteiger partial charge on any atom is 0.291 e. The minimum absolute atomic E-state index is 0.0929. The van der Waals surface area contributed by atoms with E-state index in [9.17, 15) is 13.2 Å². The van der Waals surface area contributed by atoms with Crippen molar-refractivity contribution in [1.82, 2.24) is 4.31 Å². The van der Waals surface area contributed by atoms with Gasteiger partial charge in [0.25, 0.3) is 5.91 Å². The predicted molar refractivity (Wildman–Crippen MR) is 110 cm³/mol. The summed E-state index contributed by atoms with van der Waals surface area (Å²) in [4.78, 5) is 12.6. The van der Waals surface area contributed by atoms with Gasteiger partial charge in [0.05, 0.1) is 41.9 Å². The fraction of sp³-hybridized carbons (Fsp3) is 0.450. The summed E-state index contributed by atoms with van der Waals surface area (Å²) in [6.07, 6.45) is 3.48. The number of nitrogens with one attached hydrogen (secondary N) is 2. The van der Waals surface area contributed by atoms with Crippen LogP contribution < -0.4 is 10.6 Å². The highest BCUT2D eigenvalue weighted by Gasteiger charge is 2.27. The lowest BCUT2D eigenvalue weighted by atomic mass is 10.2. The van der Waals surface area contributed by atoms with Gasteiger partial charge in [-0.15, -0.1) is 0 Å². The number of hydrogen-bond acceptors (Lipinski definition) is 7. The van der Waals surface area contributed by atoms with Crippen molar-refractivity contribution in [2.24, 2.45) is 0 Å². The second-order valence-electron chi connectivity index (χ2n) is 7.17. The molecule has 10 heteroatoms. The minimum Gasteiger partial charge on any atom is -0.459 e. The van der Waals surface area contributed by atoms with Crippen LogP contribution in [0.25, 0.3) is 0 Å². The Hall–Kier alpha value is -2.40. The number of benzene rings is 1. The van der Waals surface area contributed by atoms with E-state index in [1.54, 1.807) is 24.3 Å². The number of morpholine rings is 1. The molecule has 1 aromatic heterocycles. The SMILES string of the molecule is O=C(Nc1cc(S(=O)(=O)N2CCOCC2)ccc1NC[C@@H]1CCCO1)c1ccco1. The molecule has 1 atom stereocenters. The van der Waals surface area contributed by atoms with Crippen molar-refractivity contribution in [3.63, 3.8) is 0 Å². The molecule has 0 spiro atoms. The van der Waals surface area contributed by atoms with E-state index in [1.807, 2.05) is 0 Å². The van der Waals surface area contributed by atoms with Crippen molar-refractivity contribution in [3.8, 4) is 0 Å². The number of rotatable bonds is 7. The summed E-state index contributed by atoms with van der Waals surface area (Å²) in [7, 11) is -3.70. The number of ether oxygens (including phenoxy) is 2. The molecule has 2 aliphatic heterocycles. The van der Waals surface area contributed by atoms with E-state index >= 15 is 0 Å². The molecule has 4 rings (SSSR count). The van der Waals surface area contributed by atoms with Crippen LogP contribution in [0.2, 0.25) is 0 Å². The van der Waals surface area contributed by atoms with Crippen molar-refractivity contribution in [1.29, 1.82) is 0 Å². The second-order valence-corrected chi connectivity index (χ2v) is 9.11. The molecule has 0 unspecified atom stereocenters. The van der Waals surface area contributed by atoms with Gasteiger partial charge in [0.1, 0.15) is 0 Å². The predicted octanol–water partition coefficient (Wildman–Crippen LogP) is 2.14. The Morgan fingerprint density at radius 3 is 2.67 bits per heavy atom. The maximum absolute atomic E-state index is 13.0. The van der Waals surface area contributed by atoms with Gasteiger partial charge in [-0.3, -0.25) is 4.79 Å². The summed E-state index contributed by atoms with van der Waals surface area (Å²) in [6, 6.07) is 7.85.